The Hall–Kier alpha value is -4.30. The normalized spacial score (nSPS) is 19.6. The Morgan fingerprint density at radius 1 is 1.05 bits per heavy atom. The van der Waals surface area contributed by atoms with Crippen LogP contribution in [0.4, 0.5) is 0 Å². The summed E-state index contributed by atoms with van der Waals surface area (Å²) in [6.45, 7) is 3.20. The van der Waals surface area contributed by atoms with E-state index < -0.39 is 17.7 Å². The van der Waals surface area contributed by atoms with Gasteiger partial charge in [0.05, 0.1) is 18.7 Å². The maximum absolute atomic E-state index is 13.4. The molecular weight excluding hydrogens is 508 g/mol. The first kappa shape index (κ1) is 27.3. The van der Waals surface area contributed by atoms with E-state index in [0.29, 0.717) is 48.7 Å². The molecule has 5 rings (SSSR count). The lowest BCUT2D eigenvalue weighted by molar-refractivity contribution is -0.140. The van der Waals surface area contributed by atoms with Gasteiger partial charge in [-0.05, 0) is 68.0 Å². The number of likely N-dealkylation sites (N-methyl/N-ethyl adjacent to an activating group) is 1. The van der Waals surface area contributed by atoms with Crippen molar-refractivity contribution in [2.75, 3.05) is 34.3 Å². The van der Waals surface area contributed by atoms with Crippen molar-refractivity contribution in [2.24, 2.45) is 0 Å². The standard InChI is InChI=1S/C32H34N2O6/c1-20-16-24-17-23(11-12-25(24)40-20)30(35)28-29(34(15-14-33(2)3)32(37)31(28)36)22-10-13-26(27(18-22)38-4)39-19-21-8-6-5-7-9-21/h5-13,17-18,20,29,35H,14-16,19H2,1-4H3. The number of ketones is 1. The Morgan fingerprint density at radius 3 is 2.55 bits per heavy atom. The number of nitrogens with zero attached hydrogens (tertiary/aromatic N) is 2. The molecule has 1 amide bonds. The van der Waals surface area contributed by atoms with Gasteiger partial charge >= 0.3 is 0 Å². The molecule has 0 bridgehead atoms. The number of aliphatic hydroxyl groups is 1. The van der Waals surface area contributed by atoms with E-state index in [1.807, 2.05) is 68.4 Å². The number of hydrogen-bond donors (Lipinski definition) is 1. The second-order valence-corrected chi connectivity index (χ2v) is 10.4. The molecule has 2 heterocycles. The minimum absolute atomic E-state index is 0.0408. The number of carbonyl (C=O) groups excluding carboxylic acids is 2. The monoisotopic (exact) mass is 542 g/mol. The summed E-state index contributed by atoms with van der Waals surface area (Å²) in [5.74, 6) is 0.206. The zero-order valence-electron chi connectivity index (χ0n) is 23.2. The van der Waals surface area contributed by atoms with Crippen LogP contribution in [-0.2, 0) is 22.6 Å². The highest BCUT2D eigenvalue weighted by Crippen LogP contribution is 2.42. The molecule has 1 N–H and O–H groups in total. The molecule has 0 spiro atoms. The van der Waals surface area contributed by atoms with E-state index in [-0.39, 0.29) is 17.4 Å². The summed E-state index contributed by atoms with van der Waals surface area (Å²) in [5.41, 5.74) is 3.13. The number of methoxy groups -OCH3 is 1. The van der Waals surface area contributed by atoms with E-state index >= 15 is 0 Å². The zero-order valence-corrected chi connectivity index (χ0v) is 23.2. The minimum Gasteiger partial charge on any atom is -0.507 e. The fraction of sp³-hybridized carbons (Fsp3) is 0.312. The number of carbonyl (C=O) groups is 2. The van der Waals surface area contributed by atoms with Crippen molar-refractivity contribution >= 4 is 17.4 Å². The third-order valence-corrected chi connectivity index (χ3v) is 7.24. The van der Waals surface area contributed by atoms with Gasteiger partial charge < -0.3 is 29.1 Å². The lowest BCUT2D eigenvalue weighted by Gasteiger charge is -2.27. The first-order valence-electron chi connectivity index (χ1n) is 13.3. The van der Waals surface area contributed by atoms with Crippen LogP contribution in [0, 0.1) is 0 Å². The lowest BCUT2D eigenvalue weighted by atomic mass is 9.94. The molecule has 1 saturated heterocycles. The number of likely N-dealkylation sites (tertiary alicyclic amines) is 1. The second-order valence-electron chi connectivity index (χ2n) is 10.4. The van der Waals surface area contributed by atoms with E-state index in [0.717, 1.165) is 16.9 Å². The van der Waals surface area contributed by atoms with Gasteiger partial charge in [-0.3, -0.25) is 9.59 Å². The van der Waals surface area contributed by atoms with Gasteiger partial charge in [0, 0.05) is 25.1 Å². The maximum atomic E-state index is 13.4. The summed E-state index contributed by atoms with van der Waals surface area (Å²) < 4.78 is 17.5. The molecule has 0 aromatic heterocycles. The maximum Gasteiger partial charge on any atom is 0.295 e. The molecule has 3 aromatic rings. The van der Waals surface area contributed by atoms with Crippen LogP contribution in [0.2, 0.25) is 0 Å². The Bertz CT molecular complexity index is 1450. The van der Waals surface area contributed by atoms with Crippen molar-refractivity contribution in [1.29, 1.82) is 0 Å². The fourth-order valence-corrected chi connectivity index (χ4v) is 5.20. The topological polar surface area (TPSA) is 88.5 Å². The third-order valence-electron chi connectivity index (χ3n) is 7.24. The summed E-state index contributed by atoms with van der Waals surface area (Å²) in [5, 5.41) is 11.5. The summed E-state index contributed by atoms with van der Waals surface area (Å²) in [7, 11) is 5.35. The molecular formula is C32H34N2O6. The van der Waals surface area contributed by atoms with Crippen LogP contribution in [0.15, 0.2) is 72.3 Å². The van der Waals surface area contributed by atoms with Crippen LogP contribution in [0.25, 0.3) is 5.76 Å². The number of Topliss-reactive ketones (excluding diaryl/α,β-unsaturated/α-hetero) is 1. The first-order valence-corrected chi connectivity index (χ1v) is 13.3. The Kier molecular flexibility index (Phi) is 7.80. The van der Waals surface area contributed by atoms with Crippen LogP contribution in [-0.4, -0.2) is 67.0 Å². The molecule has 0 saturated carbocycles. The van der Waals surface area contributed by atoms with Crippen molar-refractivity contribution in [3.05, 3.63) is 94.6 Å². The molecule has 0 aliphatic carbocycles. The highest BCUT2D eigenvalue weighted by Gasteiger charge is 2.46. The van der Waals surface area contributed by atoms with Gasteiger partial charge in [0.15, 0.2) is 11.5 Å². The quantitative estimate of drug-likeness (QED) is 0.241. The highest BCUT2D eigenvalue weighted by atomic mass is 16.5. The predicted molar refractivity (Wildman–Crippen MR) is 152 cm³/mol. The average molecular weight is 543 g/mol. The number of ether oxygens (including phenoxy) is 3. The van der Waals surface area contributed by atoms with Crippen LogP contribution in [0.3, 0.4) is 0 Å². The molecule has 2 unspecified atom stereocenters. The van der Waals surface area contributed by atoms with Crippen molar-refractivity contribution in [2.45, 2.75) is 32.1 Å². The Balaban J connectivity index is 1.54. The minimum atomic E-state index is -0.791. The largest absolute Gasteiger partial charge is 0.507 e. The third kappa shape index (κ3) is 5.40. The number of aliphatic hydroxyl groups excluding tert-OH is 1. The van der Waals surface area contributed by atoms with Crippen molar-refractivity contribution < 1.29 is 28.9 Å². The predicted octanol–water partition coefficient (Wildman–Crippen LogP) is 4.58. The SMILES string of the molecule is COc1cc(C2C(=C(O)c3ccc4c(c3)CC(C)O4)C(=O)C(=O)N2CCN(C)C)ccc1OCc1ccccc1. The van der Waals surface area contributed by atoms with E-state index in [1.54, 1.807) is 31.4 Å². The molecule has 3 aromatic carbocycles. The van der Waals surface area contributed by atoms with Crippen LogP contribution >= 0.6 is 0 Å². The average Bonchev–Trinajstić information content (AvgIpc) is 3.45. The van der Waals surface area contributed by atoms with E-state index in [9.17, 15) is 14.7 Å². The second kappa shape index (κ2) is 11.4. The van der Waals surface area contributed by atoms with E-state index in [4.69, 9.17) is 14.2 Å². The molecule has 8 heteroatoms. The lowest BCUT2D eigenvalue weighted by Crippen LogP contribution is -2.35. The highest BCUT2D eigenvalue weighted by molar-refractivity contribution is 6.46. The molecule has 2 atom stereocenters. The van der Waals surface area contributed by atoms with Gasteiger partial charge in [-0.1, -0.05) is 36.4 Å². The van der Waals surface area contributed by atoms with Crippen molar-refractivity contribution in [3.63, 3.8) is 0 Å². The molecule has 2 aliphatic rings. The van der Waals surface area contributed by atoms with Gasteiger partial charge in [0.2, 0.25) is 0 Å². The number of fused-ring (bicyclic) bond motifs is 1. The number of amides is 1. The summed E-state index contributed by atoms with van der Waals surface area (Å²) in [6, 6.07) is 19.7. The summed E-state index contributed by atoms with van der Waals surface area (Å²) >= 11 is 0. The Morgan fingerprint density at radius 2 is 1.82 bits per heavy atom. The number of benzene rings is 3. The Labute approximate surface area is 234 Å². The number of hydrogen-bond acceptors (Lipinski definition) is 7. The van der Waals surface area contributed by atoms with E-state index in [1.165, 1.54) is 4.90 Å². The van der Waals surface area contributed by atoms with Gasteiger partial charge in [0.25, 0.3) is 11.7 Å². The molecule has 8 nitrogen and oxygen atoms in total. The van der Waals surface area contributed by atoms with Crippen molar-refractivity contribution in [3.8, 4) is 17.2 Å². The van der Waals surface area contributed by atoms with Crippen molar-refractivity contribution in [1.82, 2.24) is 9.80 Å². The smallest absolute Gasteiger partial charge is 0.295 e. The fourth-order valence-electron chi connectivity index (χ4n) is 5.20. The molecule has 2 aliphatic heterocycles. The van der Waals surface area contributed by atoms with Gasteiger partial charge in [-0.25, -0.2) is 0 Å². The van der Waals surface area contributed by atoms with Gasteiger partial charge in [0.1, 0.15) is 24.2 Å². The summed E-state index contributed by atoms with van der Waals surface area (Å²) in [6.07, 6.45) is 0.748. The first-order chi connectivity index (χ1) is 19.3. The molecule has 0 radical (unpaired) electrons. The van der Waals surface area contributed by atoms with E-state index in [2.05, 4.69) is 0 Å². The molecule has 208 valence electrons. The van der Waals surface area contributed by atoms with Crippen LogP contribution in [0.5, 0.6) is 17.2 Å². The zero-order chi connectivity index (χ0) is 28.4. The van der Waals surface area contributed by atoms with Gasteiger partial charge in [-0.2, -0.15) is 0 Å². The van der Waals surface area contributed by atoms with Crippen LogP contribution in [0.1, 0.15) is 35.2 Å². The number of rotatable bonds is 9. The summed E-state index contributed by atoms with van der Waals surface area (Å²) in [4.78, 5) is 30.2. The molecule has 1 fully saturated rings. The van der Waals surface area contributed by atoms with Gasteiger partial charge in [-0.15, -0.1) is 0 Å². The molecule has 40 heavy (non-hydrogen) atoms. The van der Waals surface area contributed by atoms with Crippen LogP contribution < -0.4 is 14.2 Å².